The Morgan fingerprint density at radius 1 is 1.45 bits per heavy atom. The summed E-state index contributed by atoms with van der Waals surface area (Å²) < 4.78 is 5.26. The van der Waals surface area contributed by atoms with E-state index in [1.54, 1.807) is 6.20 Å². The Kier molecular flexibility index (Phi) is 4.68. The number of ether oxygens (including phenoxy) is 1. The molecule has 2 rings (SSSR count). The van der Waals surface area contributed by atoms with Crippen molar-refractivity contribution in [1.29, 1.82) is 0 Å². The number of aromatic nitrogens is 2. The van der Waals surface area contributed by atoms with Gasteiger partial charge in [-0.1, -0.05) is 20.8 Å². The van der Waals surface area contributed by atoms with Crippen molar-refractivity contribution in [3.63, 3.8) is 0 Å². The van der Waals surface area contributed by atoms with Gasteiger partial charge < -0.3 is 4.74 Å². The third-order valence-corrected chi connectivity index (χ3v) is 4.23. The molecule has 0 N–H and O–H groups in total. The summed E-state index contributed by atoms with van der Waals surface area (Å²) in [5.41, 5.74) is 1.42. The van der Waals surface area contributed by atoms with E-state index in [-0.39, 0.29) is 10.7 Å². The Balaban J connectivity index is 2.17. The first-order valence-electron chi connectivity index (χ1n) is 7.07. The molecule has 1 heterocycles. The Morgan fingerprint density at radius 2 is 2.15 bits per heavy atom. The van der Waals surface area contributed by atoms with E-state index in [4.69, 9.17) is 4.74 Å². The molecular formula is C15H22N2O2S. The Labute approximate surface area is 124 Å². The molecule has 0 bridgehead atoms. The fourth-order valence-electron chi connectivity index (χ4n) is 1.82. The lowest BCUT2D eigenvalue weighted by molar-refractivity contribution is 0.0524. The topological polar surface area (TPSA) is 52.1 Å². The molecule has 0 saturated heterocycles. The standard InChI is InChI=1S/C15H22N2O2S/c1-5-19-14(18)11-8-16-12(9-20-15(2,3)4)17-13(11)10-6-7-10/h8,10H,5-7,9H2,1-4H3. The lowest BCUT2D eigenvalue weighted by atomic mass is 10.1. The summed E-state index contributed by atoms with van der Waals surface area (Å²) in [6, 6.07) is 0. The second-order valence-electron chi connectivity index (χ2n) is 5.98. The van der Waals surface area contributed by atoms with E-state index in [0.29, 0.717) is 18.1 Å². The summed E-state index contributed by atoms with van der Waals surface area (Å²) in [5.74, 6) is 1.69. The molecular weight excluding hydrogens is 272 g/mol. The fourth-order valence-corrected chi connectivity index (χ4v) is 2.52. The molecule has 20 heavy (non-hydrogen) atoms. The van der Waals surface area contributed by atoms with Gasteiger partial charge in [0.1, 0.15) is 5.82 Å². The van der Waals surface area contributed by atoms with Gasteiger partial charge in [-0.25, -0.2) is 14.8 Å². The zero-order chi connectivity index (χ0) is 14.8. The van der Waals surface area contributed by atoms with E-state index in [0.717, 1.165) is 30.1 Å². The SMILES string of the molecule is CCOC(=O)c1cnc(CSC(C)(C)C)nc1C1CC1. The van der Waals surface area contributed by atoms with Crippen molar-refractivity contribution in [2.24, 2.45) is 0 Å². The molecule has 4 nitrogen and oxygen atoms in total. The number of thioether (sulfide) groups is 1. The lowest BCUT2D eigenvalue weighted by Gasteiger charge is -2.17. The number of carbonyl (C=O) groups is 1. The molecule has 1 fully saturated rings. The molecule has 110 valence electrons. The molecule has 0 aliphatic heterocycles. The first-order valence-corrected chi connectivity index (χ1v) is 8.06. The van der Waals surface area contributed by atoms with Gasteiger partial charge in [0.25, 0.3) is 0 Å². The first-order chi connectivity index (χ1) is 9.40. The van der Waals surface area contributed by atoms with Gasteiger partial charge >= 0.3 is 5.97 Å². The summed E-state index contributed by atoms with van der Waals surface area (Å²) in [6.07, 6.45) is 3.85. The van der Waals surface area contributed by atoms with Crippen LogP contribution >= 0.6 is 11.8 Å². The number of rotatable bonds is 5. The molecule has 1 saturated carbocycles. The third kappa shape index (κ3) is 4.20. The molecule has 0 radical (unpaired) electrons. The van der Waals surface area contributed by atoms with Gasteiger partial charge in [-0.05, 0) is 19.8 Å². The number of carbonyl (C=O) groups excluding carboxylic acids is 1. The maximum Gasteiger partial charge on any atom is 0.341 e. The lowest BCUT2D eigenvalue weighted by Crippen LogP contribution is -2.13. The van der Waals surface area contributed by atoms with Crippen molar-refractivity contribution in [2.45, 2.75) is 57.0 Å². The predicted molar refractivity (Wildman–Crippen MR) is 81.0 cm³/mol. The summed E-state index contributed by atoms with van der Waals surface area (Å²) in [6.45, 7) is 8.71. The highest BCUT2D eigenvalue weighted by Gasteiger charge is 2.31. The van der Waals surface area contributed by atoms with Crippen LogP contribution in [0.5, 0.6) is 0 Å². The molecule has 0 atom stereocenters. The third-order valence-electron chi connectivity index (χ3n) is 2.96. The van der Waals surface area contributed by atoms with Crippen LogP contribution in [0.1, 0.15) is 68.3 Å². The second-order valence-corrected chi connectivity index (χ2v) is 7.78. The van der Waals surface area contributed by atoms with Crippen molar-refractivity contribution >= 4 is 17.7 Å². The highest BCUT2D eigenvalue weighted by Crippen LogP contribution is 2.41. The Bertz CT molecular complexity index is 493. The average molecular weight is 294 g/mol. The van der Waals surface area contributed by atoms with Gasteiger partial charge in [0.05, 0.1) is 23.6 Å². The van der Waals surface area contributed by atoms with Gasteiger partial charge in [0.2, 0.25) is 0 Å². The number of hydrogen-bond acceptors (Lipinski definition) is 5. The van der Waals surface area contributed by atoms with Crippen molar-refractivity contribution in [2.75, 3.05) is 6.61 Å². The van der Waals surface area contributed by atoms with Crippen molar-refractivity contribution < 1.29 is 9.53 Å². The van der Waals surface area contributed by atoms with E-state index < -0.39 is 0 Å². The zero-order valence-electron chi connectivity index (χ0n) is 12.6. The minimum absolute atomic E-state index is 0.183. The van der Waals surface area contributed by atoms with Crippen LogP contribution in [0.2, 0.25) is 0 Å². The molecule has 5 heteroatoms. The van der Waals surface area contributed by atoms with Gasteiger partial charge in [-0.2, -0.15) is 0 Å². The van der Waals surface area contributed by atoms with Crippen LogP contribution in [0.4, 0.5) is 0 Å². The summed E-state index contributed by atoms with van der Waals surface area (Å²) >= 11 is 1.81. The van der Waals surface area contributed by atoms with Crippen LogP contribution in [-0.4, -0.2) is 27.3 Å². The van der Waals surface area contributed by atoms with Crippen molar-refractivity contribution in [1.82, 2.24) is 9.97 Å². The van der Waals surface area contributed by atoms with Gasteiger partial charge in [0.15, 0.2) is 0 Å². The van der Waals surface area contributed by atoms with Crippen LogP contribution in [0.3, 0.4) is 0 Å². The zero-order valence-corrected chi connectivity index (χ0v) is 13.4. The van der Waals surface area contributed by atoms with E-state index in [2.05, 4.69) is 30.7 Å². The van der Waals surface area contributed by atoms with E-state index in [1.165, 1.54) is 0 Å². The van der Waals surface area contributed by atoms with Crippen LogP contribution in [0.15, 0.2) is 6.20 Å². The predicted octanol–water partition coefficient (Wildman–Crippen LogP) is 3.56. The summed E-state index contributed by atoms with van der Waals surface area (Å²) in [7, 11) is 0. The number of hydrogen-bond donors (Lipinski definition) is 0. The normalized spacial score (nSPS) is 15.2. The molecule has 1 aliphatic carbocycles. The molecule has 0 amide bonds. The monoisotopic (exact) mass is 294 g/mol. The maximum absolute atomic E-state index is 11.9. The van der Waals surface area contributed by atoms with Crippen molar-refractivity contribution in [3.05, 3.63) is 23.3 Å². The highest BCUT2D eigenvalue weighted by atomic mass is 32.2. The molecule has 0 aromatic carbocycles. The van der Waals surface area contributed by atoms with Crippen LogP contribution in [0, 0.1) is 0 Å². The van der Waals surface area contributed by atoms with Gasteiger partial charge in [0, 0.05) is 16.9 Å². The Hall–Kier alpha value is -1.10. The molecule has 1 aliphatic rings. The van der Waals surface area contributed by atoms with E-state index in [1.807, 2.05) is 18.7 Å². The van der Waals surface area contributed by atoms with Gasteiger partial charge in [-0.15, -0.1) is 11.8 Å². The molecule has 0 spiro atoms. The quantitative estimate of drug-likeness (QED) is 0.777. The van der Waals surface area contributed by atoms with Crippen LogP contribution in [0.25, 0.3) is 0 Å². The summed E-state index contributed by atoms with van der Waals surface area (Å²) in [5, 5.41) is 0. The second kappa shape index (κ2) is 6.12. The minimum atomic E-state index is -0.301. The van der Waals surface area contributed by atoms with Gasteiger partial charge in [-0.3, -0.25) is 0 Å². The smallest absolute Gasteiger partial charge is 0.341 e. The first kappa shape index (κ1) is 15.3. The van der Waals surface area contributed by atoms with E-state index in [9.17, 15) is 4.79 Å². The minimum Gasteiger partial charge on any atom is -0.462 e. The average Bonchev–Trinajstić information content (AvgIpc) is 3.19. The molecule has 1 aromatic rings. The molecule has 0 unspecified atom stereocenters. The highest BCUT2D eigenvalue weighted by molar-refractivity contribution is 7.99. The van der Waals surface area contributed by atoms with Crippen LogP contribution in [-0.2, 0) is 10.5 Å². The molecule has 1 aromatic heterocycles. The van der Waals surface area contributed by atoms with E-state index >= 15 is 0 Å². The largest absolute Gasteiger partial charge is 0.462 e. The maximum atomic E-state index is 11.9. The Morgan fingerprint density at radius 3 is 2.70 bits per heavy atom. The number of nitrogens with zero attached hydrogens (tertiary/aromatic N) is 2. The summed E-state index contributed by atoms with van der Waals surface area (Å²) in [4.78, 5) is 20.9. The van der Waals surface area contributed by atoms with Crippen LogP contribution < -0.4 is 0 Å². The van der Waals surface area contributed by atoms with Crippen molar-refractivity contribution in [3.8, 4) is 0 Å². The number of esters is 1. The fraction of sp³-hybridized carbons (Fsp3) is 0.667.